The first-order chi connectivity index (χ1) is 10.0. The van der Waals surface area contributed by atoms with Crippen LogP contribution in [0.15, 0.2) is 12.1 Å². The Morgan fingerprint density at radius 2 is 1.48 bits per heavy atom. The van der Waals surface area contributed by atoms with Crippen LogP contribution in [0, 0.1) is 0 Å². The summed E-state index contributed by atoms with van der Waals surface area (Å²) >= 11 is 0. The van der Waals surface area contributed by atoms with Crippen molar-refractivity contribution in [3.8, 4) is 17.2 Å². The lowest BCUT2D eigenvalue weighted by Gasteiger charge is -2.13. The predicted octanol–water partition coefficient (Wildman–Crippen LogP) is 3.54. The van der Waals surface area contributed by atoms with Crippen LogP contribution in [0.2, 0.25) is 0 Å². The van der Waals surface area contributed by atoms with Crippen LogP contribution in [-0.2, 0) is 11.2 Å². The van der Waals surface area contributed by atoms with Crippen molar-refractivity contribution in [1.29, 1.82) is 0 Å². The van der Waals surface area contributed by atoms with Crippen LogP contribution in [0.25, 0.3) is 0 Å². The van der Waals surface area contributed by atoms with Crippen LogP contribution in [0.5, 0.6) is 17.2 Å². The van der Waals surface area contributed by atoms with E-state index in [1.807, 2.05) is 19.1 Å². The van der Waals surface area contributed by atoms with E-state index in [1.54, 1.807) is 21.3 Å². The summed E-state index contributed by atoms with van der Waals surface area (Å²) in [7, 11) is 4.93. The van der Waals surface area contributed by atoms with Crippen molar-refractivity contribution >= 4 is 5.97 Å². The molecule has 0 heterocycles. The molecule has 0 bridgehead atoms. The molecule has 0 aromatic heterocycles. The lowest BCUT2D eigenvalue weighted by Crippen LogP contribution is -1.96. The highest BCUT2D eigenvalue weighted by Crippen LogP contribution is 2.34. The molecule has 0 radical (unpaired) electrons. The largest absolute Gasteiger partial charge is 0.496 e. The number of hydrogen-bond acceptors (Lipinski definition) is 4. The van der Waals surface area contributed by atoms with Crippen LogP contribution >= 0.6 is 0 Å². The van der Waals surface area contributed by atoms with Crippen molar-refractivity contribution in [2.45, 2.75) is 39.5 Å². The summed E-state index contributed by atoms with van der Waals surface area (Å²) in [6, 6.07) is 3.84. The lowest BCUT2D eigenvalue weighted by molar-refractivity contribution is -0.137. The van der Waals surface area contributed by atoms with E-state index in [-0.39, 0.29) is 0 Å². The number of rotatable bonds is 7. The molecule has 0 aliphatic carbocycles. The summed E-state index contributed by atoms with van der Waals surface area (Å²) in [4.78, 5) is 9.60. The SMILES string of the molecule is CCCC(=O)O.CCCc1cc(OC)c(OC)cc1OC. The van der Waals surface area contributed by atoms with E-state index in [0.29, 0.717) is 12.2 Å². The van der Waals surface area contributed by atoms with Gasteiger partial charge in [0.1, 0.15) is 5.75 Å². The zero-order valence-corrected chi connectivity index (χ0v) is 13.6. The molecule has 0 saturated carbocycles. The third-order valence-electron chi connectivity index (χ3n) is 2.77. The van der Waals surface area contributed by atoms with Crippen LogP contribution in [0.4, 0.5) is 0 Å². The Labute approximate surface area is 126 Å². The summed E-state index contributed by atoms with van der Waals surface area (Å²) in [6.45, 7) is 3.98. The average Bonchev–Trinajstić information content (AvgIpc) is 2.47. The first-order valence-electron chi connectivity index (χ1n) is 7.04. The van der Waals surface area contributed by atoms with Gasteiger partial charge in [-0.15, -0.1) is 0 Å². The number of carboxylic acids is 1. The molecule has 120 valence electrons. The van der Waals surface area contributed by atoms with E-state index in [4.69, 9.17) is 19.3 Å². The smallest absolute Gasteiger partial charge is 0.303 e. The molecule has 0 unspecified atom stereocenters. The Morgan fingerprint density at radius 3 is 1.81 bits per heavy atom. The second-order valence-corrected chi connectivity index (χ2v) is 4.41. The van der Waals surface area contributed by atoms with Crippen molar-refractivity contribution in [3.05, 3.63) is 17.7 Å². The van der Waals surface area contributed by atoms with Gasteiger partial charge in [0.15, 0.2) is 11.5 Å². The molecule has 1 aromatic carbocycles. The van der Waals surface area contributed by atoms with Gasteiger partial charge in [-0.25, -0.2) is 0 Å². The molecule has 5 nitrogen and oxygen atoms in total. The Morgan fingerprint density at radius 1 is 0.952 bits per heavy atom. The molecule has 1 N–H and O–H groups in total. The summed E-state index contributed by atoms with van der Waals surface area (Å²) < 4.78 is 15.8. The maximum atomic E-state index is 9.60. The average molecular weight is 298 g/mol. The number of aliphatic carboxylic acids is 1. The maximum Gasteiger partial charge on any atom is 0.303 e. The van der Waals surface area contributed by atoms with Gasteiger partial charge in [-0.1, -0.05) is 20.3 Å². The predicted molar refractivity (Wildman–Crippen MR) is 82.6 cm³/mol. The van der Waals surface area contributed by atoms with Gasteiger partial charge in [0, 0.05) is 12.5 Å². The normalized spacial score (nSPS) is 9.38. The molecule has 5 heteroatoms. The molecule has 21 heavy (non-hydrogen) atoms. The quantitative estimate of drug-likeness (QED) is 0.834. The van der Waals surface area contributed by atoms with Gasteiger partial charge in [-0.3, -0.25) is 4.79 Å². The highest BCUT2D eigenvalue weighted by Gasteiger charge is 2.10. The summed E-state index contributed by atoms with van der Waals surface area (Å²) in [5, 5.41) is 7.91. The molecule has 1 aromatic rings. The zero-order valence-electron chi connectivity index (χ0n) is 13.6. The first kappa shape index (κ1) is 19.1. The summed E-state index contributed by atoms with van der Waals surface area (Å²) in [5.41, 5.74) is 1.15. The Bertz CT molecular complexity index is 429. The van der Waals surface area contributed by atoms with Crippen LogP contribution in [0.3, 0.4) is 0 Å². The third-order valence-corrected chi connectivity index (χ3v) is 2.77. The summed E-state index contributed by atoms with van der Waals surface area (Å²) in [5.74, 6) is 1.60. The molecule has 1 rings (SSSR count). The third kappa shape index (κ3) is 6.88. The minimum absolute atomic E-state index is 0.292. The number of carbonyl (C=O) groups is 1. The number of ether oxygens (including phenoxy) is 3. The van der Waals surface area contributed by atoms with Crippen molar-refractivity contribution in [2.75, 3.05) is 21.3 Å². The van der Waals surface area contributed by atoms with Crippen LogP contribution in [-0.4, -0.2) is 32.4 Å². The first-order valence-corrected chi connectivity index (χ1v) is 7.04. The zero-order chi connectivity index (χ0) is 16.3. The molecule has 0 amide bonds. The number of hydrogen-bond donors (Lipinski definition) is 1. The van der Waals surface area contributed by atoms with Crippen molar-refractivity contribution in [2.24, 2.45) is 0 Å². The van der Waals surface area contributed by atoms with Crippen molar-refractivity contribution in [1.82, 2.24) is 0 Å². The van der Waals surface area contributed by atoms with E-state index in [1.165, 1.54) is 0 Å². The lowest BCUT2D eigenvalue weighted by atomic mass is 10.1. The van der Waals surface area contributed by atoms with E-state index >= 15 is 0 Å². The Hall–Kier alpha value is -1.91. The minimum Gasteiger partial charge on any atom is -0.496 e. The fourth-order valence-corrected chi connectivity index (χ4v) is 1.77. The van der Waals surface area contributed by atoms with Crippen LogP contribution < -0.4 is 14.2 Å². The monoisotopic (exact) mass is 298 g/mol. The highest BCUT2D eigenvalue weighted by molar-refractivity contribution is 5.66. The Kier molecular flexibility index (Phi) is 9.84. The summed E-state index contributed by atoms with van der Waals surface area (Å²) in [6.07, 6.45) is 3.07. The molecule has 0 aliphatic heterocycles. The van der Waals surface area contributed by atoms with Gasteiger partial charge >= 0.3 is 5.97 Å². The van der Waals surface area contributed by atoms with Crippen molar-refractivity contribution in [3.63, 3.8) is 0 Å². The second-order valence-electron chi connectivity index (χ2n) is 4.41. The van der Waals surface area contributed by atoms with Gasteiger partial charge in [0.05, 0.1) is 21.3 Å². The number of carboxylic acid groups (broad SMARTS) is 1. The minimum atomic E-state index is -0.711. The molecule has 0 fully saturated rings. The molecule has 0 saturated heterocycles. The number of aryl methyl sites for hydroxylation is 1. The maximum absolute atomic E-state index is 9.60. The fraction of sp³-hybridized carbons (Fsp3) is 0.562. The van der Waals surface area contributed by atoms with E-state index in [0.717, 1.165) is 36.3 Å². The number of methoxy groups -OCH3 is 3. The van der Waals surface area contributed by atoms with Gasteiger partial charge in [-0.05, 0) is 24.5 Å². The van der Waals surface area contributed by atoms with Gasteiger partial charge < -0.3 is 19.3 Å². The molecule has 0 aliphatic rings. The van der Waals surface area contributed by atoms with Crippen LogP contribution in [0.1, 0.15) is 38.7 Å². The molecular formula is C16H26O5. The van der Waals surface area contributed by atoms with Crippen molar-refractivity contribution < 1.29 is 24.1 Å². The topological polar surface area (TPSA) is 65.0 Å². The second kappa shape index (κ2) is 10.8. The van der Waals surface area contributed by atoms with Gasteiger partial charge in [-0.2, -0.15) is 0 Å². The van der Waals surface area contributed by atoms with E-state index in [2.05, 4.69) is 6.92 Å². The van der Waals surface area contributed by atoms with E-state index < -0.39 is 5.97 Å². The van der Waals surface area contributed by atoms with Gasteiger partial charge in [0.25, 0.3) is 0 Å². The highest BCUT2D eigenvalue weighted by atomic mass is 16.5. The Balaban J connectivity index is 0.000000567. The standard InChI is InChI=1S/C12H18O3.C4H8O2/c1-5-6-9-7-11(14-3)12(15-4)8-10(9)13-2;1-2-3-4(5)6/h7-8H,5-6H2,1-4H3;2-3H2,1H3,(H,5,6). The molecule has 0 spiro atoms. The van der Waals surface area contributed by atoms with E-state index in [9.17, 15) is 4.79 Å². The fourth-order valence-electron chi connectivity index (χ4n) is 1.77. The van der Waals surface area contributed by atoms with Gasteiger partial charge in [0.2, 0.25) is 0 Å². The molecule has 0 atom stereocenters. The number of benzene rings is 1. The molecular weight excluding hydrogens is 272 g/mol.